The standard InChI is InChI=1S/C14H13F3N2O3/c15-14(16,17)11-5-10(7-19-12(11)6-18)22-9-3-1-8(2-4-9)13(20)21/h5,7-9H,1-4H2,(H,20,21). The van der Waals surface area contributed by atoms with Gasteiger partial charge in [-0.25, -0.2) is 4.98 Å². The van der Waals surface area contributed by atoms with Crippen LogP contribution in [-0.2, 0) is 11.0 Å². The van der Waals surface area contributed by atoms with Crippen LogP contribution < -0.4 is 4.74 Å². The van der Waals surface area contributed by atoms with E-state index in [1.807, 2.05) is 0 Å². The second kappa shape index (κ2) is 6.22. The lowest BCUT2D eigenvalue weighted by Gasteiger charge is -2.26. The lowest BCUT2D eigenvalue weighted by atomic mass is 9.87. The molecule has 1 aromatic heterocycles. The van der Waals surface area contributed by atoms with Crippen molar-refractivity contribution < 1.29 is 27.8 Å². The molecule has 0 aromatic carbocycles. The minimum atomic E-state index is -4.68. The summed E-state index contributed by atoms with van der Waals surface area (Å²) in [5.74, 6) is -1.35. The predicted molar refractivity (Wildman–Crippen MR) is 68.0 cm³/mol. The van der Waals surface area contributed by atoms with Gasteiger partial charge in [0.15, 0.2) is 5.69 Å². The molecular weight excluding hydrogens is 301 g/mol. The molecule has 1 aliphatic carbocycles. The van der Waals surface area contributed by atoms with Gasteiger partial charge in [-0.1, -0.05) is 0 Å². The zero-order valence-corrected chi connectivity index (χ0v) is 11.4. The van der Waals surface area contributed by atoms with Gasteiger partial charge in [-0.2, -0.15) is 18.4 Å². The third kappa shape index (κ3) is 3.67. The maximum Gasteiger partial charge on any atom is 0.419 e. The maximum absolute atomic E-state index is 12.8. The number of ether oxygens (including phenoxy) is 1. The average molecular weight is 314 g/mol. The van der Waals surface area contributed by atoms with Crippen LogP contribution in [0.4, 0.5) is 13.2 Å². The minimum Gasteiger partial charge on any atom is -0.489 e. The Morgan fingerprint density at radius 2 is 2.00 bits per heavy atom. The van der Waals surface area contributed by atoms with Gasteiger partial charge in [-0.15, -0.1) is 0 Å². The van der Waals surface area contributed by atoms with E-state index in [0.29, 0.717) is 25.7 Å². The molecule has 118 valence electrons. The molecule has 0 radical (unpaired) electrons. The Balaban J connectivity index is 2.09. The van der Waals surface area contributed by atoms with Crippen LogP contribution in [0.25, 0.3) is 0 Å². The van der Waals surface area contributed by atoms with E-state index in [1.165, 1.54) is 6.07 Å². The number of rotatable bonds is 3. The number of carboxylic acid groups (broad SMARTS) is 1. The highest BCUT2D eigenvalue weighted by atomic mass is 19.4. The van der Waals surface area contributed by atoms with E-state index in [1.54, 1.807) is 0 Å². The summed E-state index contributed by atoms with van der Waals surface area (Å²) in [5, 5.41) is 17.6. The fourth-order valence-corrected chi connectivity index (χ4v) is 2.44. The molecule has 0 bridgehead atoms. The van der Waals surface area contributed by atoms with E-state index in [2.05, 4.69) is 4.98 Å². The minimum absolute atomic E-state index is 0.0647. The average Bonchev–Trinajstić information content (AvgIpc) is 2.47. The van der Waals surface area contributed by atoms with Crippen molar-refractivity contribution in [2.24, 2.45) is 5.92 Å². The smallest absolute Gasteiger partial charge is 0.419 e. The highest BCUT2D eigenvalue weighted by molar-refractivity contribution is 5.70. The van der Waals surface area contributed by atoms with Crippen LogP contribution in [0.3, 0.4) is 0 Å². The Morgan fingerprint density at radius 3 is 2.50 bits per heavy atom. The number of halogens is 3. The van der Waals surface area contributed by atoms with Crippen LogP contribution in [0.2, 0.25) is 0 Å². The van der Waals surface area contributed by atoms with Crippen molar-refractivity contribution in [2.45, 2.75) is 38.0 Å². The van der Waals surface area contributed by atoms with Crippen LogP contribution in [-0.4, -0.2) is 22.2 Å². The molecule has 1 aliphatic rings. The van der Waals surface area contributed by atoms with Gasteiger partial charge >= 0.3 is 12.1 Å². The van der Waals surface area contributed by atoms with Crippen molar-refractivity contribution >= 4 is 5.97 Å². The van der Waals surface area contributed by atoms with Crippen LogP contribution in [0.15, 0.2) is 12.3 Å². The van der Waals surface area contributed by atoms with E-state index in [-0.39, 0.29) is 11.9 Å². The number of nitriles is 1. The Hall–Kier alpha value is -2.30. The molecule has 1 fully saturated rings. The SMILES string of the molecule is N#Cc1ncc(OC2CCC(C(=O)O)CC2)cc1C(F)(F)F. The maximum atomic E-state index is 12.8. The number of carboxylic acids is 1. The van der Waals surface area contributed by atoms with Gasteiger partial charge in [0.2, 0.25) is 0 Å². The number of pyridine rings is 1. The van der Waals surface area contributed by atoms with Crippen molar-refractivity contribution in [2.75, 3.05) is 0 Å². The molecule has 1 heterocycles. The van der Waals surface area contributed by atoms with Gasteiger partial charge in [0.25, 0.3) is 0 Å². The van der Waals surface area contributed by atoms with E-state index < -0.39 is 29.3 Å². The fourth-order valence-electron chi connectivity index (χ4n) is 2.44. The summed E-state index contributed by atoms with van der Waals surface area (Å²) in [4.78, 5) is 14.3. The molecule has 1 saturated carbocycles. The second-order valence-corrected chi connectivity index (χ2v) is 5.11. The summed E-state index contributed by atoms with van der Waals surface area (Å²) in [5.41, 5.74) is -1.83. The van der Waals surface area contributed by atoms with Crippen LogP contribution >= 0.6 is 0 Å². The summed E-state index contributed by atoms with van der Waals surface area (Å²) in [6.45, 7) is 0. The first-order valence-electron chi connectivity index (χ1n) is 6.68. The molecule has 0 spiro atoms. The molecule has 0 unspecified atom stereocenters. The highest BCUT2D eigenvalue weighted by Crippen LogP contribution is 2.34. The number of aliphatic carboxylic acids is 1. The molecular formula is C14H13F3N2O3. The second-order valence-electron chi connectivity index (χ2n) is 5.11. The summed E-state index contributed by atoms with van der Waals surface area (Å²) < 4.78 is 43.9. The summed E-state index contributed by atoms with van der Waals surface area (Å²) in [7, 11) is 0. The third-order valence-corrected chi connectivity index (χ3v) is 3.60. The molecule has 1 aromatic rings. The van der Waals surface area contributed by atoms with Crippen molar-refractivity contribution in [1.29, 1.82) is 5.26 Å². The van der Waals surface area contributed by atoms with E-state index in [0.717, 1.165) is 12.3 Å². The highest BCUT2D eigenvalue weighted by Gasteiger charge is 2.35. The Kier molecular flexibility index (Phi) is 4.54. The number of nitrogens with zero attached hydrogens (tertiary/aromatic N) is 2. The molecule has 1 N–H and O–H groups in total. The normalized spacial score (nSPS) is 21.9. The van der Waals surface area contributed by atoms with Gasteiger partial charge in [-0.3, -0.25) is 4.79 Å². The van der Waals surface area contributed by atoms with Crippen molar-refractivity contribution in [3.63, 3.8) is 0 Å². The number of hydrogen-bond acceptors (Lipinski definition) is 4. The number of carbonyl (C=O) groups is 1. The quantitative estimate of drug-likeness (QED) is 0.927. The first-order chi connectivity index (χ1) is 10.3. The fraction of sp³-hybridized carbons (Fsp3) is 0.500. The van der Waals surface area contributed by atoms with Gasteiger partial charge in [0, 0.05) is 0 Å². The summed E-state index contributed by atoms with van der Waals surface area (Å²) in [6.07, 6.45) is -2.18. The van der Waals surface area contributed by atoms with Crippen molar-refractivity contribution in [3.05, 3.63) is 23.5 Å². The molecule has 8 heteroatoms. The molecule has 5 nitrogen and oxygen atoms in total. The van der Waals surface area contributed by atoms with Crippen LogP contribution in [0.1, 0.15) is 36.9 Å². The van der Waals surface area contributed by atoms with Gasteiger partial charge < -0.3 is 9.84 Å². The van der Waals surface area contributed by atoms with E-state index in [4.69, 9.17) is 15.1 Å². The lowest BCUT2D eigenvalue weighted by Crippen LogP contribution is -2.28. The zero-order valence-electron chi connectivity index (χ0n) is 11.4. The van der Waals surface area contributed by atoms with Crippen LogP contribution in [0, 0.1) is 17.2 Å². The van der Waals surface area contributed by atoms with E-state index >= 15 is 0 Å². The van der Waals surface area contributed by atoms with Gasteiger partial charge in [0.05, 0.1) is 23.8 Å². The Bertz CT molecular complexity index is 602. The van der Waals surface area contributed by atoms with E-state index in [9.17, 15) is 18.0 Å². The lowest BCUT2D eigenvalue weighted by molar-refractivity contribution is -0.143. The molecule has 0 atom stereocenters. The first-order valence-corrected chi connectivity index (χ1v) is 6.68. The monoisotopic (exact) mass is 314 g/mol. The summed E-state index contributed by atoms with van der Waals surface area (Å²) >= 11 is 0. The molecule has 2 rings (SSSR count). The molecule has 0 saturated heterocycles. The number of aromatic nitrogens is 1. The van der Waals surface area contributed by atoms with Gasteiger partial charge in [0.1, 0.15) is 11.8 Å². The first kappa shape index (κ1) is 16.1. The topological polar surface area (TPSA) is 83.2 Å². The predicted octanol–water partition coefficient (Wildman–Crippen LogP) is 2.99. The Labute approximate surface area is 124 Å². The number of alkyl halides is 3. The number of hydrogen-bond donors (Lipinski definition) is 1. The largest absolute Gasteiger partial charge is 0.489 e. The van der Waals surface area contributed by atoms with Gasteiger partial charge in [-0.05, 0) is 31.7 Å². The molecule has 0 amide bonds. The third-order valence-electron chi connectivity index (χ3n) is 3.60. The zero-order chi connectivity index (χ0) is 16.3. The molecule has 22 heavy (non-hydrogen) atoms. The molecule has 0 aliphatic heterocycles. The van der Waals surface area contributed by atoms with Crippen molar-refractivity contribution in [1.82, 2.24) is 4.98 Å². The van der Waals surface area contributed by atoms with Crippen molar-refractivity contribution in [3.8, 4) is 11.8 Å². The Morgan fingerprint density at radius 1 is 1.36 bits per heavy atom. The summed E-state index contributed by atoms with van der Waals surface area (Å²) in [6, 6.07) is 2.16. The van der Waals surface area contributed by atoms with Crippen LogP contribution in [0.5, 0.6) is 5.75 Å².